The summed E-state index contributed by atoms with van der Waals surface area (Å²) in [5.74, 6) is -0.205. The van der Waals surface area contributed by atoms with Crippen molar-refractivity contribution >= 4 is 17.5 Å². The molecule has 2 aromatic carbocycles. The maximum Gasteiger partial charge on any atom is 0.265 e. The molecule has 2 amide bonds. The van der Waals surface area contributed by atoms with E-state index < -0.39 is 12.0 Å². The zero-order valence-corrected chi connectivity index (χ0v) is 13.2. The maximum absolute atomic E-state index is 12.2. The number of nitrogens with two attached hydrogens (primary N) is 1. The molecule has 2 rings (SSSR count). The Morgan fingerprint density at radius 2 is 1.87 bits per heavy atom. The highest BCUT2D eigenvalue weighted by Crippen LogP contribution is 2.16. The summed E-state index contributed by atoms with van der Waals surface area (Å²) >= 11 is 0. The number of carbonyl (C=O) groups excluding carboxylic acids is 2. The number of amides is 2. The van der Waals surface area contributed by atoms with Crippen LogP contribution in [0.15, 0.2) is 48.5 Å². The average Bonchev–Trinajstić information content (AvgIpc) is 2.55. The van der Waals surface area contributed by atoms with E-state index in [-0.39, 0.29) is 5.91 Å². The third-order valence-electron chi connectivity index (χ3n) is 3.43. The smallest absolute Gasteiger partial charge is 0.265 e. The lowest BCUT2D eigenvalue weighted by molar-refractivity contribution is -0.122. The standard InChI is InChI=1S/C18H20N2O3/c1-3-13-7-9-16(10-8-13)23-12(2)18(22)20-15-6-4-5-14(11-15)17(19)21/h4-12H,3H2,1-2H3,(H2,19,21)(H,20,22)/t12-/m1/s1. The van der Waals surface area contributed by atoms with Crippen molar-refractivity contribution in [2.24, 2.45) is 5.73 Å². The quantitative estimate of drug-likeness (QED) is 0.860. The Balaban J connectivity index is 1.99. The Labute approximate surface area is 135 Å². The lowest BCUT2D eigenvalue weighted by atomic mass is 10.2. The number of hydrogen-bond acceptors (Lipinski definition) is 3. The van der Waals surface area contributed by atoms with Crippen LogP contribution >= 0.6 is 0 Å². The molecule has 0 bridgehead atoms. The van der Waals surface area contributed by atoms with Gasteiger partial charge in [-0.25, -0.2) is 0 Å². The predicted octanol–water partition coefficient (Wildman–Crippen LogP) is 2.75. The molecular weight excluding hydrogens is 292 g/mol. The van der Waals surface area contributed by atoms with Crippen molar-refractivity contribution in [2.75, 3.05) is 5.32 Å². The summed E-state index contributed by atoms with van der Waals surface area (Å²) in [5.41, 5.74) is 7.27. The number of carbonyl (C=O) groups is 2. The fraction of sp³-hybridized carbons (Fsp3) is 0.222. The van der Waals surface area contributed by atoms with Crippen molar-refractivity contribution in [3.8, 4) is 5.75 Å². The van der Waals surface area contributed by atoms with E-state index in [1.165, 1.54) is 11.6 Å². The number of rotatable bonds is 6. The minimum Gasteiger partial charge on any atom is -0.481 e. The molecule has 0 spiro atoms. The molecule has 3 N–H and O–H groups in total. The summed E-state index contributed by atoms with van der Waals surface area (Å²) < 4.78 is 5.62. The molecule has 0 radical (unpaired) electrons. The van der Waals surface area contributed by atoms with Crippen LogP contribution in [0.25, 0.3) is 0 Å². The fourth-order valence-corrected chi connectivity index (χ4v) is 2.06. The van der Waals surface area contributed by atoms with Crippen LogP contribution in [0.1, 0.15) is 29.8 Å². The van der Waals surface area contributed by atoms with Crippen LogP contribution < -0.4 is 15.8 Å². The summed E-state index contributed by atoms with van der Waals surface area (Å²) in [7, 11) is 0. The van der Waals surface area contributed by atoms with E-state index in [4.69, 9.17) is 10.5 Å². The van der Waals surface area contributed by atoms with Gasteiger partial charge in [-0.05, 0) is 49.2 Å². The number of nitrogens with one attached hydrogen (secondary N) is 1. The van der Waals surface area contributed by atoms with Crippen LogP contribution in [0.4, 0.5) is 5.69 Å². The average molecular weight is 312 g/mol. The molecule has 0 aromatic heterocycles. The van der Waals surface area contributed by atoms with E-state index in [0.717, 1.165) is 6.42 Å². The lowest BCUT2D eigenvalue weighted by Gasteiger charge is -2.15. The van der Waals surface area contributed by atoms with Gasteiger partial charge < -0.3 is 15.8 Å². The summed E-state index contributed by atoms with van der Waals surface area (Å²) in [4.78, 5) is 23.3. The Morgan fingerprint density at radius 1 is 1.17 bits per heavy atom. The van der Waals surface area contributed by atoms with Crippen molar-refractivity contribution in [1.82, 2.24) is 0 Å². The Bertz CT molecular complexity index is 696. The molecule has 0 aliphatic heterocycles. The molecule has 2 aromatic rings. The van der Waals surface area contributed by atoms with Gasteiger partial charge in [0.1, 0.15) is 5.75 Å². The monoisotopic (exact) mass is 312 g/mol. The minimum absolute atomic E-state index is 0.300. The second kappa shape index (κ2) is 7.45. The van der Waals surface area contributed by atoms with E-state index in [9.17, 15) is 9.59 Å². The summed E-state index contributed by atoms with van der Waals surface area (Å²) in [5, 5.41) is 2.71. The van der Waals surface area contributed by atoms with Gasteiger partial charge in [0.25, 0.3) is 5.91 Å². The molecule has 0 aliphatic rings. The maximum atomic E-state index is 12.2. The highest BCUT2D eigenvalue weighted by Gasteiger charge is 2.15. The number of benzene rings is 2. The van der Waals surface area contributed by atoms with Gasteiger partial charge in [0.05, 0.1) is 0 Å². The zero-order valence-electron chi connectivity index (χ0n) is 13.2. The minimum atomic E-state index is -0.667. The SMILES string of the molecule is CCc1ccc(O[C@H](C)C(=O)Nc2cccc(C(N)=O)c2)cc1. The highest BCUT2D eigenvalue weighted by molar-refractivity contribution is 5.97. The zero-order chi connectivity index (χ0) is 16.8. The first-order valence-corrected chi connectivity index (χ1v) is 7.46. The Kier molecular flexibility index (Phi) is 5.36. The van der Waals surface area contributed by atoms with Crippen LogP contribution in [0.2, 0.25) is 0 Å². The number of hydrogen-bond donors (Lipinski definition) is 2. The number of ether oxygens (including phenoxy) is 1. The van der Waals surface area contributed by atoms with Gasteiger partial charge in [0.15, 0.2) is 6.10 Å². The van der Waals surface area contributed by atoms with Gasteiger partial charge >= 0.3 is 0 Å². The second-order valence-electron chi connectivity index (χ2n) is 5.19. The van der Waals surface area contributed by atoms with Gasteiger partial charge in [0.2, 0.25) is 5.91 Å². The Hall–Kier alpha value is -2.82. The van der Waals surface area contributed by atoms with Crippen LogP contribution in [-0.4, -0.2) is 17.9 Å². The van der Waals surface area contributed by atoms with E-state index >= 15 is 0 Å². The highest BCUT2D eigenvalue weighted by atomic mass is 16.5. The van der Waals surface area contributed by atoms with E-state index in [2.05, 4.69) is 12.2 Å². The summed E-state index contributed by atoms with van der Waals surface area (Å²) in [6.07, 6.45) is 0.284. The molecule has 0 saturated carbocycles. The molecule has 0 fully saturated rings. The van der Waals surface area contributed by atoms with Gasteiger partial charge in [-0.3, -0.25) is 9.59 Å². The van der Waals surface area contributed by atoms with Crippen LogP contribution in [-0.2, 0) is 11.2 Å². The van der Waals surface area contributed by atoms with E-state index in [1.807, 2.05) is 24.3 Å². The molecule has 5 heteroatoms. The van der Waals surface area contributed by atoms with Crippen molar-refractivity contribution in [3.63, 3.8) is 0 Å². The van der Waals surface area contributed by atoms with Crippen molar-refractivity contribution in [3.05, 3.63) is 59.7 Å². The fourth-order valence-electron chi connectivity index (χ4n) is 2.06. The molecule has 0 aliphatic carbocycles. The predicted molar refractivity (Wildman–Crippen MR) is 89.5 cm³/mol. The molecule has 0 unspecified atom stereocenters. The largest absolute Gasteiger partial charge is 0.481 e. The molecule has 120 valence electrons. The van der Waals surface area contributed by atoms with E-state index in [0.29, 0.717) is 17.0 Å². The molecule has 1 atom stereocenters. The molecule has 5 nitrogen and oxygen atoms in total. The molecular formula is C18H20N2O3. The van der Waals surface area contributed by atoms with Crippen LogP contribution in [0, 0.1) is 0 Å². The first-order chi connectivity index (χ1) is 11.0. The topological polar surface area (TPSA) is 81.4 Å². The van der Waals surface area contributed by atoms with Crippen molar-refractivity contribution in [1.29, 1.82) is 0 Å². The number of aryl methyl sites for hydroxylation is 1. The second-order valence-corrected chi connectivity index (χ2v) is 5.19. The first-order valence-electron chi connectivity index (χ1n) is 7.46. The third-order valence-corrected chi connectivity index (χ3v) is 3.43. The van der Waals surface area contributed by atoms with Gasteiger partial charge in [-0.15, -0.1) is 0 Å². The summed E-state index contributed by atoms with van der Waals surface area (Å²) in [6, 6.07) is 14.1. The molecule has 0 saturated heterocycles. The number of anilines is 1. The third kappa shape index (κ3) is 4.57. The lowest BCUT2D eigenvalue weighted by Crippen LogP contribution is -2.30. The normalized spacial score (nSPS) is 11.6. The van der Waals surface area contributed by atoms with E-state index in [1.54, 1.807) is 25.1 Å². The molecule has 0 heterocycles. The first kappa shape index (κ1) is 16.5. The molecule has 23 heavy (non-hydrogen) atoms. The van der Waals surface area contributed by atoms with Gasteiger partial charge in [0, 0.05) is 11.3 Å². The van der Waals surface area contributed by atoms with Crippen LogP contribution in [0.5, 0.6) is 5.75 Å². The Morgan fingerprint density at radius 3 is 2.48 bits per heavy atom. The summed E-state index contributed by atoms with van der Waals surface area (Å²) in [6.45, 7) is 3.74. The van der Waals surface area contributed by atoms with Crippen LogP contribution in [0.3, 0.4) is 0 Å². The number of primary amides is 1. The van der Waals surface area contributed by atoms with Gasteiger partial charge in [-0.1, -0.05) is 25.1 Å². The van der Waals surface area contributed by atoms with Gasteiger partial charge in [-0.2, -0.15) is 0 Å². The van der Waals surface area contributed by atoms with Crippen molar-refractivity contribution in [2.45, 2.75) is 26.4 Å². The van der Waals surface area contributed by atoms with Crippen molar-refractivity contribution < 1.29 is 14.3 Å².